The van der Waals surface area contributed by atoms with Gasteiger partial charge in [-0.2, -0.15) is 13.2 Å². The van der Waals surface area contributed by atoms with E-state index in [1.165, 1.54) is 19.1 Å². The van der Waals surface area contributed by atoms with Gasteiger partial charge in [-0.25, -0.2) is 0 Å². The maximum absolute atomic E-state index is 12.7. The molecule has 0 aliphatic carbocycles. The van der Waals surface area contributed by atoms with Crippen LogP contribution in [0.5, 0.6) is 0 Å². The molecule has 0 aromatic heterocycles. The van der Waals surface area contributed by atoms with E-state index in [4.69, 9.17) is 4.74 Å². The summed E-state index contributed by atoms with van der Waals surface area (Å²) in [5.41, 5.74) is -0.0335. The number of benzene rings is 1. The molecule has 0 saturated carbocycles. The minimum Gasteiger partial charge on any atom is -0.461 e. The Kier molecular flexibility index (Phi) is 4.32. The van der Waals surface area contributed by atoms with Crippen LogP contribution in [0, 0.1) is 0 Å². The van der Waals surface area contributed by atoms with Crippen LogP contribution in [0.4, 0.5) is 13.2 Å². The van der Waals surface area contributed by atoms with Gasteiger partial charge in [-0.3, -0.25) is 4.79 Å². The summed E-state index contributed by atoms with van der Waals surface area (Å²) in [4.78, 5) is 10.9. The molecular weight excluding hydrogens is 271 g/mol. The van der Waals surface area contributed by atoms with Crippen molar-refractivity contribution in [3.63, 3.8) is 0 Å². The van der Waals surface area contributed by atoms with Crippen molar-refractivity contribution in [3.05, 3.63) is 35.4 Å². The molecule has 0 radical (unpaired) electrons. The van der Waals surface area contributed by atoms with Crippen molar-refractivity contribution in [3.8, 4) is 0 Å². The summed E-state index contributed by atoms with van der Waals surface area (Å²) in [6.07, 6.45) is -4.10. The van der Waals surface area contributed by atoms with Gasteiger partial charge in [-0.15, -0.1) is 0 Å². The molecule has 1 heterocycles. The molecule has 2 rings (SSSR count). The third kappa shape index (κ3) is 3.72. The molecular formula is C14H16F3NO2. The standard InChI is InChI=1S/C14H16F3NO2/c1-9(19)20-13-6-11(7-18-8-13)10-3-2-4-12(5-10)14(15,16)17/h2-5,11,13,18H,6-8H2,1H3. The number of nitrogens with one attached hydrogen (secondary N) is 1. The first-order valence-electron chi connectivity index (χ1n) is 6.41. The fourth-order valence-electron chi connectivity index (χ4n) is 2.45. The van der Waals surface area contributed by atoms with Crippen LogP contribution in [0.15, 0.2) is 24.3 Å². The van der Waals surface area contributed by atoms with Crippen LogP contribution in [-0.4, -0.2) is 25.2 Å². The van der Waals surface area contributed by atoms with Gasteiger partial charge in [-0.05, 0) is 24.0 Å². The normalized spacial score (nSPS) is 23.4. The number of rotatable bonds is 2. The first-order chi connectivity index (χ1) is 9.36. The van der Waals surface area contributed by atoms with Crippen LogP contribution in [0.2, 0.25) is 0 Å². The number of piperidine rings is 1. The van der Waals surface area contributed by atoms with Crippen molar-refractivity contribution in [1.82, 2.24) is 5.32 Å². The Morgan fingerprint density at radius 3 is 2.75 bits per heavy atom. The summed E-state index contributed by atoms with van der Waals surface area (Å²) >= 11 is 0. The van der Waals surface area contributed by atoms with Crippen molar-refractivity contribution >= 4 is 5.97 Å². The molecule has 1 aromatic carbocycles. The Balaban J connectivity index is 2.13. The van der Waals surface area contributed by atoms with Crippen molar-refractivity contribution in [2.75, 3.05) is 13.1 Å². The van der Waals surface area contributed by atoms with Crippen molar-refractivity contribution in [2.45, 2.75) is 31.5 Å². The zero-order valence-corrected chi connectivity index (χ0v) is 11.0. The average molecular weight is 287 g/mol. The van der Waals surface area contributed by atoms with Gasteiger partial charge in [0.2, 0.25) is 0 Å². The molecule has 2 unspecified atom stereocenters. The van der Waals surface area contributed by atoms with Gasteiger partial charge >= 0.3 is 12.1 Å². The summed E-state index contributed by atoms with van der Waals surface area (Å²) in [5, 5.41) is 3.09. The van der Waals surface area contributed by atoms with Crippen LogP contribution in [0.25, 0.3) is 0 Å². The predicted molar refractivity (Wildman–Crippen MR) is 67.2 cm³/mol. The summed E-state index contributed by atoms with van der Waals surface area (Å²) in [7, 11) is 0. The molecule has 1 aromatic rings. The maximum Gasteiger partial charge on any atom is 0.416 e. The second kappa shape index (κ2) is 5.83. The number of hydrogen-bond donors (Lipinski definition) is 1. The summed E-state index contributed by atoms with van der Waals surface area (Å²) < 4.78 is 43.2. The summed E-state index contributed by atoms with van der Waals surface area (Å²) in [5.74, 6) is -0.461. The second-order valence-corrected chi connectivity index (χ2v) is 4.95. The van der Waals surface area contributed by atoms with E-state index in [-0.39, 0.29) is 18.0 Å². The van der Waals surface area contributed by atoms with Gasteiger partial charge in [0.25, 0.3) is 0 Å². The Hall–Kier alpha value is -1.56. The summed E-state index contributed by atoms with van der Waals surface area (Å²) in [6.45, 7) is 2.45. The third-order valence-corrected chi connectivity index (χ3v) is 3.33. The molecule has 1 aliphatic heterocycles. The highest BCUT2D eigenvalue weighted by Gasteiger charge is 2.32. The van der Waals surface area contributed by atoms with Gasteiger partial charge in [-0.1, -0.05) is 18.2 Å². The Morgan fingerprint density at radius 1 is 1.35 bits per heavy atom. The fourth-order valence-corrected chi connectivity index (χ4v) is 2.45. The fraction of sp³-hybridized carbons (Fsp3) is 0.500. The van der Waals surface area contributed by atoms with Gasteiger partial charge in [0.15, 0.2) is 0 Å². The second-order valence-electron chi connectivity index (χ2n) is 4.95. The zero-order valence-electron chi connectivity index (χ0n) is 11.0. The number of halogens is 3. The van der Waals surface area contributed by atoms with E-state index in [1.807, 2.05) is 0 Å². The molecule has 1 aliphatic rings. The highest BCUT2D eigenvalue weighted by atomic mass is 19.4. The van der Waals surface area contributed by atoms with E-state index >= 15 is 0 Å². The molecule has 110 valence electrons. The molecule has 1 N–H and O–H groups in total. The number of carbonyl (C=O) groups is 1. The van der Waals surface area contributed by atoms with Crippen LogP contribution >= 0.6 is 0 Å². The minimum atomic E-state index is -4.34. The third-order valence-electron chi connectivity index (χ3n) is 3.33. The highest BCUT2D eigenvalue weighted by molar-refractivity contribution is 5.66. The number of carbonyl (C=O) groups excluding carboxylic acids is 1. The van der Waals surface area contributed by atoms with Crippen molar-refractivity contribution < 1.29 is 22.7 Å². The lowest BCUT2D eigenvalue weighted by molar-refractivity contribution is -0.147. The lowest BCUT2D eigenvalue weighted by Crippen LogP contribution is -2.40. The first-order valence-corrected chi connectivity index (χ1v) is 6.41. The molecule has 1 saturated heterocycles. The lowest BCUT2D eigenvalue weighted by Gasteiger charge is -2.30. The maximum atomic E-state index is 12.7. The molecule has 3 nitrogen and oxygen atoms in total. The number of hydrogen-bond acceptors (Lipinski definition) is 3. The number of alkyl halides is 3. The quantitative estimate of drug-likeness (QED) is 0.850. The van der Waals surface area contributed by atoms with E-state index < -0.39 is 11.7 Å². The average Bonchev–Trinajstić information content (AvgIpc) is 2.37. The number of esters is 1. The first kappa shape index (κ1) is 14.8. The lowest BCUT2D eigenvalue weighted by atomic mass is 9.89. The molecule has 20 heavy (non-hydrogen) atoms. The van der Waals surface area contributed by atoms with Gasteiger partial charge < -0.3 is 10.1 Å². The SMILES string of the molecule is CC(=O)OC1CNCC(c2cccc(C(F)(F)F)c2)C1. The topological polar surface area (TPSA) is 38.3 Å². The van der Waals surface area contributed by atoms with E-state index in [1.54, 1.807) is 6.07 Å². The van der Waals surface area contributed by atoms with E-state index in [9.17, 15) is 18.0 Å². The monoisotopic (exact) mass is 287 g/mol. The van der Waals surface area contributed by atoms with E-state index in [0.29, 0.717) is 25.1 Å². The van der Waals surface area contributed by atoms with Crippen LogP contribution in [-0.2, 0) is 15.7 Å². The molecule has 1 fully saturated rings. The highest BCUT2D eigenvalue weighted by Crippen LogP contribution is 2.32. The number of ether oxygens (including phenoxy) is 1. The minimum absolute atomic E-state index is 0.0876. The van der Waals surface area contributed by atoms with Gasteiger partial charge in [0, 0.05) is 20.0 Å². The van der Waals surface area contributed by atoms with Gasteiger partial charge in [0.05, 0.1) is 5.56 Å². The largest absolute Gasteiger partial charge is 0.461 e. The Labute approximate surface area is 115 Å². The molecule has 6 heteroatoms. The van der Waals surface area contributed by atoms with Crippen LogP contribution in [0.1, 0.15) is 30.4 Å². The Morgan fingerprint density at radius 2 is 2.10 bits per heavy atom. The smallest absolute Gasteiger partial charge is 0.416 e. The predicted octanol–water partition coefficient (Wildman–Crippen LogP) is 2.71. The summed E-state index contributed by atoms with van der Waals surface area (Å²) in [6, 6.07) is 5.32. The van der Waals surface area contributed by atoms with Crippen molar-refractivity contribution in [1.29, 1.82) is 0 Å². The Bertz CT molecular complexity index is 488. The van der Waals surface area contributed by atoms with Crippen molar-refractivity contribution in [2.24, 2.45) is 0 Å². The molecule has 0 amide bonds. The molecule has 0 bridgehead atoms. The van der Waals surface area contributed by atoms with Crippen LogP contribution < -0.4 is 5.32 Å². The zero-order chi connectivity index (χ0) is 14.8. The van der Waals surface area contributed by atoms with Gasteiger partial charge in [0.1, 0.15) is 6.10 Å². The molecule has 0 spiro atoms. The molecule has 2 atom stereocenters. The van der Waals surface area contributed by atoms with Crippen LogP contribution in [0.3, 0.4) is 0 Å². The van der Waals surface area contributed by atoms with E-state index in [2.05, 4.69) is 5.32 Å². The van der Waals surface area contributed by atoms with E-state index in [0.717, 1.165) is 6.07 Å².